The highest BCUT2D eigenvalue weighted by Gasteiger charge is 2.28. The van der Waals surface area contributed by atoms with Crippen molar-refractivity contribution in [2.24, 2.45) is 5.10 Å². The summed E-state index contributed by atoms with van der Waals surface area (Å²) in [6.45, 7) is 7.16. The van der Waals surface area contributed by atoms with Crippen LogP contribution in [-0.4, -0.2) is 24.8 Å². The highest BCUT2D eigenvalue weighted by molar-refractivity contribution is 9.10. The van der Waals surface area contributed by atoms with Crippen molar-refractivity contribution in [3.8, 4) is 11.5 Å². The molecule has 1 heterocycles. The molecule has 1 aliphatic heterocycles. The number of rotatable bonds is 10. The van der Waals surface area contributed by atoms with Crippen molar-refractivity contribution in [1.82, 2.24) is 0 Å². The van der Waals surface area contributed by atoms with E-state index in [0.717, 1.165) is 28.6 Å². The Bertz CT molecular complexity index is 970. The average molecular weight is 485 g/mol. The van der Waals surface area contributed by atoms with Gasteiger partial charge in [0.2, 0.25) is 0 Å². The average Bonchev–Trinajstić information content (AvgIpc) is 3.04. The quantitative estimate of drug-likeness (QED) is 0.281. The predicted molar refractivity (Wildman–Crippen MR) is 130 cm³/mol. The summed E-state index contributed by atoms with van der Waals surface area (Å²) in [4.78, 5) is 13.0. The molecule has 3 rings (SSSR count). The zero-order valence-corrected chi connectivity index (χ0v) is 19.9. The molecule has 0 spiro atoms. The zero-order chi connectivity index (χ0) is 22.2. The number of carbonyl (C=O) groups is 1. The fourth-order valence-electron chi connectivity index (χ4n) is 3.37. The Hall–Kier alpha value is -2.60. The summed E-state index contributed by atoms with van der Waals surface area (Å²) in [5, 5.41) is 5.88. The van der Waals surface area contributed by atoms with E-state index in [9.17, 15) is 4.79 Å². The lowest BCUT2D eigenvalue weighted by atomic mass is 10.1. The van der Waals surface area contributed by atoms with Gasteiger partial charge in [0.25, 0.3) is 5.91 Å². The van der Waals surface area contributed by atoms with Crippen molar-refractivity contribution in [3.63, 3.8) is 0 Å². The van der Waals surface area contributed by atoms with E-state index in [1.54, 1.807) is 0 Å². The number of unbranched alkanes of at least 4 members (excludes halogenated alkanes) is 3. The SMILES string of the molecule is CCCCCCOc1c(Br)cc(/C=C2\C(=O)N(c3ccccc3)N=C2C)cc1OCC. The number of carbonyl (C=O) groups excluding carboxylic acids is 1. The fourth-order valence-corrected chi connectivity index (χ4v) is 3.95. The summed E-state index contributed by atoms with van der Waals surface area (Å²) >= 11 is 3.62. The third-order valence-electron chi connectivity index (χ3n) is 4.95. The van der Waals surface area contributed by atoms with E-state index < -0.39 is 0 Å². The lowest BCUT2D eigenvalue weighted by Crippen LogP contribution is -2.21. The summed E-state index contributed by atoms with van der Waals surface area (Å²) in [7, 11) is 0. The van der Waals surface area contributed by atoms with Crippen LogP contribution >= 0.6 is 15.9 Å². The lowest BCUT2D eigenvalue weighted by Gasteiger charge is -2.15. The second-order valence-corrected chi connectivity index (χ2v) is 8.22. The topological polar surface area (TPSA) is 51.1 Å². The molecule has 6 heteroatoms. The summed E-state index contributed by atoms with van der Waals surface area (Å²) in [6, 6.07) is 13.3. The van der Waals surface area contributed by atoms with Crippen LogP contribution in [-0.2, 0) is 4.79 Å². The molecule has 164 valence electrons. The zero-order valence-electron chi connectivity index (χ0n) is 18.4. The molecular formula is C25H29BrN2O3. The normalized spacial score (nSPS) is 14.8. The van der Waals surface area contributed by atoms with E-state index in [2.05, 4.69) is 28.0 Å². The molecule has 0 aromatic heterocycles. The van der Waals surface area contributed by atoms with Crippen molar-refractivity contribution < 1.29 is 14.3 Å². The van der Waals surface area contributed by atoms with E-state index in [-0.39, 0.29) is 5.91 Å². The minimum absolute atomic E-state index is 0.144. The molecule has 0 bridgehead atoms. The molecule has 2 aromatic rings. The summed E-state index contributed by atoms with van der Waals surface area (Å²) in [5.41, 5.74) is 2.84. The number of benzene rings is 2. The Morgan fingerprint density at radius 1 is 1.06 bits per heavy atom. The molecule has 1 amide bonds. The second-order valence-electron chi connectivity index (χ2n) is 7.37. The van der Waals surface area contributed by atoms with E-state index in [4.69, 9.17) is 9.47 Å². The lowest BCUT2D eigenvalue weighted by molar-refractivity contribution is -0.114. The number of anilines is 1. The highest BCUT2D eigenvalue weighted by atomic mass is 79.9. The van der Waals surface area contributed by atoms with Gasteiger partial charge in [-0.05, 0) is 72.1 Å². The number of halogens is 1. The number of hydrogen-bond donors (Lipinski definition) is 0. The number of nitrogens with zero attached hydrogens (tertiary/aromatic N) is 2. The van der Waals surface area contributed by atoms with Gasteiger partial charge in [-0.3, -0.25) is 4.79 Å². The first-order chi connectivity index (χ1) is 15.0. The van der Waals surface area contributed by atoms with Crippen molar-refractivity contribution in [3.05, 3.63) is 58.1 Å². The number of para-hydroxylation sites is 1. The molecule has 0 atom stereocenters. The minimum Gasteiger partial charge on any atom is -0.490 e. The van der Waals surface area contributed by atoms with Gasteiger partial charge in [-0.25, -0.2) is 0 Å². The summed E-state index contributed by atoms with van der Waals surface area (Å²) in [5.74, 6) is 1.22. The first-order valence-electron chi connectivity index (χ1n) is 10.8. The minimum atomic E-state index is -0.144. The highest BCUT2D eigenvalue weighted by Crippen LogP contribution is 2.38. The molecule has 0 saturated heterocycles. The van der Waals surface area contributed by atoms with Gasteiger partial charge >= 0.3 is 0 Å². The Morgan fingerprint density at radius 2 is 1.84 bits per heavy atom. The number of hydrazone groups is 1. The monoisotopic (exact) mass is 484 g/mol. The van der Waals surface area contributed by atoms with Crippen LogP contribution in [0.3, 0.4) is 0 Å². The Kier molecular flexibility index (Phi) is 8.29. The molecule has 0 radical (unpaired) electrons. The van der Waals surface area contributed by atoms with Crippen molar-refractivity contribution in [1.29, 1.82) is 0 Å². The van der Waals surface area contributed by atoms with E-state index in [0.29, 0.717) is 36.0 Å². The maximum absolute atomic E-state index is 13.0. The van der Waals surface area contributed by atoms with Crippen LogP contribution in [0, 0.1) is 0 Å². The molecule has 5 nitrogen and oxygen atoms in total. The van der Waals surface area contributed by atoms with Crippen molar-refractivity contribution in [2.45, 2.75) is 46.5 Å². The fraction of sp³-hybridized carbons (Fsp3) is 0.360. The smallest absolute Gasteiger partial charge is 0.280 e. The second kappa shape index (κ2) is 11.1. The maximum Gasteiger partial charge on any atom is 0.280 e. The van der Waals surface area contributed by atoms with Crippen LogP contribution in [0.1, 0.15) is 52.0 Å². The van der Waals surface area contributed by atoms with Gasteiger partial charge in [-0.2, -0.15) is 10.1 Å². The molecule has 31 heavy (non-hydrogen) atoms. The van der Waals surface area contributed by atoms with Crippen LogP contribution in [0.2, 0.25) is 0 Å². The van der Waals surface area contributed by atoms with Gasteiger partial charge in [0, 0.05) is 0 Å². The van der Waals surface area contributed by atoms with E-state index in [1.165, 1.54) is 17.9 Å². The van der Waals surface area contributed by atoms with Crippen LogP contribution < -0.4 is 14.5 Å². The number of amides is 1. The first-order valence-corrected chi connectivity index (χ1v) is 11.6. The molecule has 0 aliphatic carbocycles. The van der Waals surface area contributed by atoms with E-state index >= 15 is 0 Å². The molecule has 0 N–H and O–H groups in total. The summed E-state index contributed by atoms with van der Waals surface area (Å²) in [6.07, 6.45) is 6.42. The van der Waals surface area contributed by atoms with Gasteiger partial charge < -0.3 is 9.47 Å². The Morgan fingerprint density at radius 3 is 2.55 bits per heavy atom. The standard InChI is InChI=1S/C25H29BrN2O3/c1-4-6-7-11-14-31-24-22(26)16-19(17-23(24)30-5-2)15-21-18(3)27-28(25(21)29)20-12-9-8-10-13-20/h8-10,12-13,15-17H,4-7,11,14H2,1-3H3/b21-15-. The molecule has 2 aromatic carbocycles. The number of ether oxygens (including phenoxy) is 2. The van der Waals surface area contributed by atoms with Gasteiger partial charge in [-0.15, -0.1) is 0 Å². The van der Waals surface area contributed by atoms with Crippen LogP contribution in [0.5, 0.6) is 11.5 Å². The Labute approximate surface area is 192 Å². The third-order valence-corrected chi connectivity index (χ3v) is 5.54. The van der Waals surface area contributed by atoms with Gasteiger partial charge in [0.05, 0.1) is 34.7 Å². The Balaban J connectivity index is 1.83. The van der Waals surface area contributed by atoms with Gasteiger partial charge in [0.15, 0.2) is 11.5 Å². The van der Waals surface area contributed by atoms with Crippen molar-refractivity contribution >= 4 is 39.3 Å². The summed E-state index contributed by atoms with van der Waals surface area (Å²) < 4.78 is 12.7. The molecule has 0 fully saturated rings. The van der Waals surface area contributed by atoms with Crippen LogP contribution in [0.15, 0.2) is 57.6 Å². The number of hydrogen-bond acceptors (Lipinski definition) is 4. The van der Waals surface area contributed by atoms with Crippen molar-refractivity contribution in [2.75, 3.05) is 18.2 Å². The first kappa shape index (κ1) is 23.1. The largest absolute Gasteiger partial charge is 0.490 e. The predicted octanol–water partition coefficient (Wildman–Crippen LogP) is 6.61. The molecule has 0 saturated carbocycles. The molecular weight excluding hydrogens is 456 g/mol. The molecule has 1 aliphatic rings. The van der Waals surface area contributed by atoms with E-state index in [1.807, 2.05) is 62.4 Å². The van der Waals surface area contributed by atoms with Crippen LogP contribution in [0.4, 0.5) is 5.69 Å². The van der Waals surface area contributed by atoms with Gasteiger partial charge in [0.1, 0.15) is 0 Å². The molecule has 0 unspecified atom stereocenters. The van der Waals surface area contributed by atoms with Gasteiger partial charge in [-0.1, -0.05) is 44.4 Å². The third kappa shape index (κ3) is 5.76. The van der Waals surface area contributed by atoms with Crippen LogP contribution in [0.25, 0.3) is 6.08 Å². The maximum atomic E-state index is 13.0.